The lowest BCUT2D eigenvalue weighted by atomic mass is 9.98. The van der Waals surface area contributed by atoms with E-state index in [2.05, 4.69) is 0 Å². The summed E-state index contributed by atoms with van der Waals surface area (Å²) in [7, 11) is 0. The zero-order valence-electron chi connectivity index (χ0n) is 12.2. The van der Waals surface area contributed by atoms with E-state index >= 15 is 0 Å². The molecule has 0 aliphatic carbocycles. The van der Waals surface area contributed by atoms with Crippen molar-refractivity contribution in [3.63, 3.8) is 0 Å². The van der Waals surface area contributed by atoms with Gasteiger partial charge in [-0.1, -0.05) is 42.5 Å². The van der Waals surface area contributed by atoms with E-state index in [1.54, 1.807) is 0 Å². The summed E-state index contributed by atoms with van der Waals surface area (Å²) in [5, 5.41) is 0. The highest BCUT2D eigenvalue weighted by Crippen LogP contribution is 2.25. The lowest BCUT2D eigenvalue weighted by molar-refractivity contribution is -0.140. The van der Waals surface area contributed by atoms with E-state index in [0.717, 1.165) is 11.1 Å². The van der Waals surface area contributed by atoms with Crippen LogP contribution in [0.3, 0.4) is 0 Å². The molecule has 1 fully saturated rings. The molecule has 1 heterocycles. The van der Waals surface area contributed by atoms with Crippen molar-refractivity contribution < 1.29 is 9.59 Å². The number of nitrogens with zero attached hydrogens (tertiary/aromatic N) is 1. The van der Waals surface area contributed by atoms with Crippen molar-refractivity contribution >= 4 is 17.5 Å². The third-order valence-electron chi connectivity index (χ3n) is 3.98. The summed E-state index contributed by atoms with van der Waals surface area (Å²) in [4.78, 5) is 26.0. The maximum atomic E-state index is 12.5. The number of hydrogen-bond acceptors (Lipinski definition) is 3. The number of anilines is 1. The maximum absolute atomic E-state index is 12.5. The highest BCUT2D eigenvalue weighted by atomic mass is 16.2. The summed E-state index contributed by atoms with van der Waals surface area (Å²) in [5.74, 6) is -0.431. The number of benzene rings is 2. The molecule has 1 aliphatic rings. The van der Waals surface area contributed by atoms with Gasteiger partial charge >= 0.3 is 0 Å². The van der Waals surface area contributed by atoms with Crippen LogP contribution in [0.4, 0.5) is 5.69 Å². The zero-order chi connectivity index (χ0) is 15.5. The van der Waals surface area contributed by atoms with E-state index in [-0.39, 0.29) is 24.2 Å². The highest BCUT2D eigenvalue weighted by Gasteiger charge is 2.38. The molecule has 112 valence electrons. The van der Waals surface area contributed by atoms with E-state index in [1.807, 2.05) is 54.6 Å². The number of carbonyl (C=O) groups is 2. The molecule has 1 aliphatic heterocycles. The van der Waals surface area contributed by atoms with Crippen LogP contribution < -0.4 is 5.73 Å². The van der Waals surface area contributed by atoms with Crippen LogP contribution >= 0.6 is 0 Å². The van der Waals surface area contributed by atoms with Crippen molar-refractivity contribution in [1.82, 2.24) is 4.90 Å². The molecule has 2 amide bonds. The van der Waals surface area contributed by atoms with Crippen molar-refractivity contribution in [3.8, 4) is 0 Å². The van der Waals surface area contributed by atoms with Gasteiger partial charge in [-0.25, -0.2) is 0 Å². The normalized spacial score (nSPS) is 18.0. The molecule has 2 aromatic rings. The van der Waals surface area contributed by atoms with Crippen LogP contribution in [0.2, 0.25) is 0 Å². The van der Waals surface area contributed by atoms with Gasteiger partial charge in [-0.05, 0) is 29.7 Å². The van der Waals surface area contributed by atoms with Crippen LogP contribution in [0.25, 0.3) is 0 Å². The number of nitrogens with two attached hydrogens (primary N) is 1. The van der Waals surface area contributed by atoms with E-state index < -0.39 is 0 Å². The van der Waals surface area contributed by atoms with Gasteiger partial charge < -0.3 is 5.73 Å². The second kappa shape index (κ2) is 6.02. The van der Waals surface area contributed by atoms with Gasteiger partial charge in [-0.15, -0.1) is 0 Å². The van der Waals surface area contributed by atoms with Crippen LogP contribution in [0.5, 0.6) is 0 Å². The van der Waals surface area contributed by atoms with Gasteiger partial charge in [0, 0.05) is 12.1 Å². The summed E-state index contributed by atoms with van der Waals surface area (Å²) in [5.41, 5.74) is 8.36. The van der Waals surface area contributed by atoms with Crippen LogP contribution in [-0.2, 0) is 22.6 Å². The molecule has 0 saturated carbocycles. The minimum Gasteiger partial charge on any atom is -0.399 e. The van der Waals surface area contributed by atoms with Crippen molar-refractivity contribution in [2.24, 2.45) is 5.92 Å². The minimum absolute atomic E-state index is 0.0781. The molecule has 0 aromatic heterocycles. The van der Waals surface area contributed by atoms with E-state index in [0.29, 0.717) is 18.7 Å². The fourth-order valence-corrected chi connectivity index (χ4v) is 2.78. The lowest BCUT2D eigenvalue weighted by Crippen LogP contribution is -2.30. The Kier molecular flexibility index (Phi) is 3.92. The Balaban J connectivity index is 1.70. The van der Waals surface area contributed by atoms with E-state index in [4.69, 9.17) is 5.73 Å². The molecule has 3 rings (SSSR count). The summed E-state index contributed by atoms with van der Waals surface area (Å²) in [6, 6.07) is 17.0. The van der Waals surface area contributed by atoms with Gasteiger partial charge in [-0.3, -0.25) is 14.5 Å². The van der Waals surface area contributed by atoms with E-state index in [9.17, 15) is 9.59 Å². The molecule has 1 saturated heterocycles. The maximum Gasteiger partial charge on any atom is 0.233 e. The second-order valence-corrected chi connectivity index (χ2v) is 5.65. The molecule has 0 bridgehead atoms. The first-order chi connectivity index (χ1) is 10.6. The molecule has 0 radical (unpaired) electrons. The SMILES string of the molecule is Nc1ccc(CC2CC(=O)N(Cc3ccccc3)C2=O)cc1. The van der Waals surface area contributed by atoms with Crippen molar-refractivity contribution in [3.05, 3.63) is 65.7 Å². The first-order valence-electron chi connectivity index (χ1n) is 7.36. The Morgan fingerprint density at radius 1 is 0.955 bits per heavy atom. The second-order valence-electron chi connectivity index (χ2n) is 5.65. The third-order valence-corrected chi connectivity index (χ3v) is 3.98. The fraction of sp³-hybridized carbons (Fsp3) is 0.222. The Hall–Kier alpha value is -2.62. The predicted molar refractivity (Wildman–Crippen MR) is 84.7 cm³/mol. The molecule has 22 heavy (non-hydrogen) atoms. The quantitative estimate of drug-likeness (QED) is 0.695. The Bertz CT molecular complexity index is 680. The molecular formula is C18H18N2O2. The monoisotopic (exact) mass is 294 g/mol. The standard InChI is InChI=1S/C18H18N2O2/c19-16-8-6-13(7-9-16)10-15-11-17(21)20(18(15)22)12-14-4-2-1-3-5-14/h1-9,15H,10-12,19H2. The molecule has 2 aromatic carbocycles. The lowest BCUT2D eigenvalue weighted by Gasteiger charge is -2.15. The van der Waals surface area contributed by atoms with Gasteiger partial charge in [0.1, 0.15) is 0 Å². The number of amides is 2. The predicted octanol–water partition coefficient (Wildman–Crippen LogP) is 2.39. The highest BCUT2D eigenvalue weighted by molar-refractivity contribution is 6.03. The van der Waals surface area contributed by atoms with Gasteiger partial charge in [0.25, 0.3) is 0 Å². The molecule has 4 heteroatoms. The fourth-order valence-electron chi connectivity index (χ4n) is 2.78. The number of hydrogen-bond donors (Lipinski definition) is 1. The Labute approximate surface area is 129 Å². The van der Waals surface area contributed by atoms with E-state index in [1.165, 1.54) is 4.90 Å². The number of rotatable bonds is 4. The molecule has 1 unspecified atom stereocenters. The Morgan fingerprint density at radius 2 is 1.64 bits per heavy atom. The molecule has 2 N–H and O–H groups in total. The van der Waals surface area contributed by atoms with Crippen LogP contribution in [-0.4, -0.2) is 16.7 Å². The molecular weight excluding hydrogens is 276 g/mol. The first-order valence-corrected chi connectivity index (χ1v) is 7.36. The average molecular weight is 294 g/mol. The van der Waals surface area contributed by atoms with Crippen LogP contribution in [0, 0.1) is 5.92 Å². The minimum atomic E-state index is -0.264. The summed E-state index contributed by atoms with van der Waals surface area (Å²) in [6.45, 7) is 0.358. The van der Waals surface area contributed by atoms with Crippen molar-refractivity contribution in [2.75, 3.05) is 5.73 Å². The smallest absolute Gasteiger partial charge is 0.233 e. The number of imide groups is 1. The van der Waals surface area contributed by atoms with Gasteiger partial charge in [-0.2, -0.15) is 0 Å². The summed E-state index contributed by atoms with van der Waals surface area (Å²) < 4.78 is 0. The molecule has 0 spiro atoms. The Morgan fingerprint density at radius 3 is 2.32 bits per heavy atom. The summed E-state index contributed by atoms with van der Waals surface area (Å²) >= 11 is 0. The van der Waals surface area contributed by atoms with Crippen molar-refractivity contribution in [1.29, 1.82) is 0 Å². The van der Waals surface area contributed by atoms with Crippen LogP contribution in [0.15, 0.2) is 54.6 Å². The number of carbonyl (C=O) groups excluding carboxylic acids is 2. The topological polar surface area (TPSA) is 63.4 Å². The van der Waals surface area contributed by atoms with Gasteiger partial charge in [0.05, 0.1) is 12.5 Å². The summed E-state index contributed by atoms with van der Waals surface area (Å²) in [6.07, 6.45) is 0.867. The molecule has 4 nitrogen and oxygen atoms in total. The molecule has 1 atom stereocenters. The number of likely N-dealkylation sites (tertiary alicyclic amines) is 1. The largest absolute Gasteiger partial charge is 0.399 e. The average Bonchev–Trinajstić information content (AvgIpc) is 2.78. The zero-order valence-corrected chi connectivity index (χ0v) is 12.2. The van der Waals surface area contributed by atoms with Gasteiger partial charge in [0.15, 0.2) is 0 Å². The van der Waals surface area contributed by atoms with Crippen molar-refractivity contribution in [2.45, 2.75) is 19.4 Å². The van der Waals surface area contributed by atoms with Gasteiger partial charge in [0.2, 0.25) is 11.8 Å². The third kappa shape index (κ3) is 3.01. The number of nitrogen functional groups attached to an aromatic ring is 1. The van der Waals surface area contributed by atoms with Crippen LogP contribution in [0.1, 0.15) is 17.5 Å². The first kappa shape index (κ1) is 14.3.